The number of thiophene rings is 1. The van der Waals surface area contributed by atoms with E-state index in [1.54, 1.807) is 40.2 Å². The van der Waals surface area contributed by atoms with Crippen LogP contribution in [0, 0.1) is 6.92 Å². The van der Waals surface area contributed by atoms with E-state index in [0.717, 1.165) is 16.0 Å². The largest absolute Gasteiger partial charge is 0.350 e. The van der Waals surface area contributed by atoms with Crippen molar-refractivity contribution in [3.63, 3.8) is 0 Å². The van der Waals surface area contributed by atoms with Gasteiger partial charge in [-0.1, -0.05) is 35.9 Å². The van der Waals surface area contributed by atoms with Crippen LogP contribution in [0.3, 0.4) is 0 Å². The number of fused-ring (bicyclic) bond motifs is 3. The molecule has 0 atom stereocenters. The van der Waals surface area contributed by atoms with Crippen molar-refractivity contribution in [3.8, 4) is 10.6 Å². The maximum Gasteiger partial charge on any atom is 0.277 e. The summed E-state index contributed by atoms with van der Waals surface area (Å²) in [5.74, 6) is -0.241. The average molecular weight is 430 g/mol. The maximum absolute atomic E-state index is 13.3. The molecule has 0 aliphatic carbocycles. The topological polar surface area (TPSA) is 81.3 Å². The number of hydrogen-bond acceptors (Lipinski definition) is 5. The molecule has 0 bridgehead atoms. The molecule has 0 spiro atoms. The first kappa shape index (κ1) is 19.2. The van der Waals surface area contributed by atoms with Gasteiger partial charge in [0.2, 0.25) is 5.91 Å². The summed E-state index contributed by atoms with van der Waals surface area (Å²) < 4.78 is 3.02. The standard InChI is InChI=1S/C23H19N5O2S/c1-15-6-8-16(9-7-15)13-25-21(29)14-27-18-4-2-10-24-22(18)28-19(23(27)30)12-17(26-28)20-5-3-11-31-20/h2-12H,13-14H2,1H3,(H,25,29). The Bertz CT molecular complexity index is 1450. The van der Waals surface area contributed by atoms with Gasteiger partial charge in [-0.15, -0.1) is 11.3 Å². The zero-order valence-electron chi connectivity index (χ0n) is 16.8. The fourth-order valence-electron chi connectivity index (χ4n) is 3.51. The highest BCUT2D eigenvalue weighted by Gasteiger charge is 2.17. The molecule has 0 radical (unpaired) electrons. The monoisotopic (exact) mass is 429 g/mol. The van der Waals surface area contributed by atoms with Crippen molar-refractivity contribution in [1.82, 2.24) is 24.5 Å². The number of aromatic nitrogens is 4. The molecule has 8 heteroatoms. The molecule has 0 aliphatic heterocycles. The second-order valence-corrected chi connectivity index (χ2v) is 8.25. The van der Waals surface area contributed by atoms with Crippen LogP contribution in [0.25, 0.3) is 27.3 Å². The summed E-state index contributed by atoms with van der Waals surface area (Å²) in [6.07, 6.45) is 1.65. The van der Waals surface area contributed by atoms with E-state index < -0.39 is 0 Å². The fraction of sp³-hybridized carbons (Fsp3) is 0.130. The molecule has 1 aromatic carbocycles. The Kier molecular flexibility index (Phi) is 4.83. The summed E-state index contributed by atoms with van der Waals surface area (Å²) in [4.78, 5) is 31.3. The van der Waals surface area contributed by atoms with E-state index in [1.807, 2.05) is 48.7 Å². The minimum absolute atomic E-state index is 0.0943. The van der Waals surface area contributed by atoms with E-state index in [4.69, 9.17) is 0 Å². The highest BCUT2D eigenvalue weighted by atomic mass is 32.1. The van der Waals surface area contributed by atoms with Crippen molar-refractivity contribution in [3.05, 3.63) is 87.7 Å². The van der Waals surface area contributed by atoms with Gasteiger partial charge >= 0.3 is 0 Å². The second-order valence-electron chi connectivity index (χ2n) is 7.30. The molecule has 7 nitrogen and oxygen atoms in total. The molecule has 0 saturated carbocycles. The van der Waals surface area contributed by atoms with E-state index in [0.29, 0.717) is 28.9 Å². The number of amides is 1. The molecule has 0 unspecified atom stereocenters. The van der Waals surface area contributed by atoms with Gasteiger partial charge < -0.3 is 5.32 Å². The smallest absolute Gasteiger partial charge is 0.277 e. The van der Waals surface area contributed by atoms with Crippen LogP contribution in [-0.4, -0.2) is 25.1 Å². The third-order valence-corrected chi connectivity index (χ3v) is 6.01. The molecular weight excluding hydrogens is 410 g/mol. The summed E-state index contributed by atoms with van der Waals surface area (Å²) in [5, 5.41) is 9.46. The van der Waals surface area contributed by atoms with Crippen LogP contribution in [-0.2, 0) is 17.9 Å². The Morgan fingerprint density at radius 2 is 1.94 bits per heavy atom. The van der Waals surface area contributed by atoms with Gasteiger partial charge in [0.1, 0.15) is 17.8 Å². The lowest BCUT2D eigenvalue weighted by atomic mass is 10.1. The molecule has 0 fully saturated rings. The van der Waals surface area contributed by atoms with Gasteiger partial charge in [0.05, 0.1) is 10.4 Å². The molecule has 4 heterocycles. The van der Waals surface area contributed by atoms with Crippen molar-refractivity contribution < 1.29 is 4.79 Å². The Hall–Kier alpha value is -3.78. The van der Waals surface area contributed by atoms with Gasteiger partial charge in [0, 0.05) is 12.7 Å². The van der Waals surface area contributed by atoms with Crippen LogP contribution in [0.2, 0.25) is 0 Å². The molecule has 31 heavy (non-hydrogen) atoms. The van der Waals surface area contributed by atoms with Crippen LogP contribution < -0.4 is 10.9 Å². The Morgan fingerprint density at radius 1 is 1.10 bits per heavy atom. The third kappa shape index (κ3) is 3.62. The quantitative estimate of drug-likeness (QED) is 0.464. The first-order valence-electron chi connectivity index (χ1n) is 9.83. The number of hydrogen-bond donors (Lipinski definition) is 1. The zero-order chi connectivity index (χ0) is 21.4. The van der Waals surface area contributed by atoms with Crippen LogP contribution in [0.4, 0.5) is 0 Å². The van der Waals surface area contributed by atoms with Gasteiger partial charge in [-0.2, -0.15) is 5.10 Å². The van der Waals surface area contributed by atoms with Gasteiger partial charge in [-0.25, -0.2) is 9.50 Å². The normalized spacial score (nSPS) is 11.3. The highest BCUT2D eigenvalue weighted by Crippen LogP contribution is 2.24. The lowest BCUT2D eigenvalue weighted by Gasteiger charge is -2.11. The van der Waals surface area contributed by atoms with Crippen LogP contribution in [0.1, 0.15) is 11.1 Å². The van der Waals surface area contributed by atoms with E-state index in [-0.39, 0.29) is 18.0 Å². The van der Waals surface area contributed by atoms with E-state index in [1.165, 1.54) is 4.57 Å². The maximum atomic E-state index is 13.3. The van der Waals surface area contributed by atoms with Crippen LogP contribution in [0.5, 0.6) is 0 Å². The molecular formula is C23H19N5O2S. The second kappa shape index (κ2) is 7.81. The molecule has 1 amide bonds. The molecule has 154 valence electrons. The van der Waals surface area contributed by atoms with E-state index in [9.17, 15) is 9.59 Å². The highest BCUT2D eigenvalue weighted by molar-refractivity contribution is 7.13. The molecule has 0 saturated heterocycles. The molecule has 5 rings (SSSR count). The summed E-state index contributed by atoms with van der Waals surface area (Å²) in [7, 11) is 0. The Labute approximate surface area is 181 Å². The number of benzene rings is 1. The van der Waals surface area contributed by atoms with Gasteiger partial charge in [-0.05, 0) is 42.1 Å². The number of aryl methyl sites for hydroxylation is 1. The zero-order valence-corrected chi connectivity index (χ0v) is 17.6. The number of nitrogens with one attached hydrogen (secondary N) is 1. The Morgan fingerprint density at radius 3 is 2.71 bits per heavy atom. The number of rotatable bonds is 5. The van der Waals surface area contributed by atoms with Crippen LogP contribution in [0.15, 0.2) is 71.0 Å². The Balaban J connectivity index is 1.51. The van der Waals surface area contributed by atoms with Gasteiger partial charge in [-0.3, -0.25) is 14.2 Å². The number of carbonyl (C=O) groups is 1. The van der Waals surface area contributed by atoms with Gasteiger partial charge in [0.25, 0.3) is 5.56 Å². The average Bonchev–Trinajstić information content (AvgIpc) is 3.46. The SMILES string of the molecule is Cc1ccc(CNC(=O)Cn2c(=O)c3cc(-c4cccs4)nn3c3ncccc32)cc1. The van der Waals surface area contributed by atoms with E-state index >= 15 is 0 Å². The van der Waals surface area contributed by atoms with Crippen molar-refractivity contribution in [1.29, 1.82) is 0 Å². The van der Waals surface area contributed by atoms with Gasteiger partial charge in [0.15, 0.2) is 5.65 Å². The number of pyridine rings is 1. The van der Waals surface area contributed by atoms with Crippen LogP contribution >= 0.6 is 11.3 Å². The summed E-state index contributed by atoms with van der Waals surface area (Å²) in [6, 6.07) is 17.1. The molecule has 1 N–H and O–H groups in total. The minimum Gasteiger partial charge on any atom is -0.350 e. The fourth-order valence-corrected chi connectivity index (χ4v) is 4.19. The minimum atomic E-state index is -0.277. The lowest BCUT2D eigenvalue weighted by Crippen LogP contribution is -2.33. The van der Waals surface area contributed by atoms with Crippen molar-refractivity contribution in [2.75, 3.05) is 0 Å². The third-order valence-electron chi connectivity index (χ3n) is 5.12. The van der Waals surface area contributed by atoms with Crippen molar-refractivity contribution in [2.45, 2.75) is 20.0 Å². The summed E-state index contributed by atoms with van der Waals surface area (Å²) in [5.41, 5.74) is 4.08. The first-order valence-corrected chi connectivity index (χ1v) is 10.7. The van der Waals surface area contributed by atoms with Crippen molar-refractivity contribution in [2.24, 2.45) is 0 Å². The molecule has 5 aromatic rings. The van der Waals surface area contributed by atoms with Crippen molar-refractivity contribution >= 4 is 33.9 Å². The summed E-state index contributed by atoms with van der Waals surface area (Å²) in [6.45, 7) is 2.33. The predicted octanol–water partition coefficient (Wildman–Crippen LogP) is 3.40. The molecule has 4 aromatic heterocycles. The molecule has 0 aliphatic rings. The lowest BCUT2D eigenvalue weighted by molar-refractivity contribution is -0.121. The number of nitrogens with zero attached hydrogens (tertiary/aromatic N) is 4. The predicted molar refractivity (Wildman–Crippen MR) is 121 cm³/mol. The number of carbonyl (C=O) groups excluding carboxylic acids is 1. The first-order chi connectivity index (χ1) is 15.1. The van der Waals surface area contributed by atoms with E-state index in [2.05, 4.69) is 15.4 Å². The summed E-state index contributed by atoms with van der Waals surface area (Å²) >= 11 is 1.55.